The van der Waals surface area contributed by atoms with E-state index in [0.717, 1.165) is 38.0 Å². The van der Waals surface area contributed by atoms with Gasteiger partial charge in [-0.15, -0.1) is 0 Å². The Bertz CT molecular complexity index is 477. The van der Waals surface area contributed by atoms with Gasteiger partial charge < -0.3 is 14.6 Å². The number of rotatable bonds is 26. The lowest BCUT2D eigenvalue weighted by Crippen LogP contribution is -2.25. The van der Waals surface area contributed by atoms with E-state index in [4.69, 9.17) is 9.47 Å². The number of hydrogen-bond acceptors (Lipinski definition) is 5. The lowest BCUT2D eigenvalue weighted by molar-refractivity contribution is -0.152. The monoisotopic (exact) mass is 498 g/mol. The van der Waals surface area contributed by atoms with Gasteiger partial charge in [-0.25, -0.2) is 0 Å². The molecule has 0 aromatic rings. The van der Waals surface area contributed by atoms with Crippen LogP contribution in [0.25, 0.3) is 0 Å². The van der Waals surface area contributed by atoms with E-state index < -0.39 is 6.10 Å². The molecule has 0 amide bonds. The summed E-state index contributed by atoms with van der Waals surface area (Å²) in [7, 11) is 0. The van der Waals surface area contributed by atoms with Crippen LogP contribution in [0, 0.1) is 5.92 Å². The number of carbonyl (C=O) groups is 2. The molecule has 0 rings (SSSR count). The van der Waals surface area contributed by atoms with Crippen LogP contribution in [-0.4, -0.2) is 36.4 Å². The Hall–Kier alpha value is -1.10. The van der Waals surface area contributed by atoms with E-state index in [-0.39, 0.29) is 25.2 Å². The largest absolute Gasteiger partial charge is 0.463 e. The first kappa shape index (κ1) is 33.9. The molecule has 0 radical (unpaired) electrons. The molecule has 0 heterocycles. The molecule has 0 spiro atoms. The highest BCUT2D eigenvalue weighted by Gasteiger charge is 2.12. The minimum absolute atomic E-state index is 0.110. The summed E-state index contributed by atoms with van der Waals surface area (Å²) in [5.41, 5.74) is 0. The van der Waals surface area contributed by atoms with E-state index in [9.17, 15) is 14.7 Å². The van der Waals surface area contributed by atoms with Crippen molar-refractivity contribution in [2.75, 3.05) is 13.2 Å². The minimum Gasteiger partial charge on any atom is -0.463 e. The first-order valence-electron chi connectivity index (χ1n) is 14.9. The van der Waals surface area contributed by atoms with Crippen LogP contribution < -0.4 is 0 Å². The maximum absolute atomic E-state index is 11.8. The van der Waals surface area contributed by atoms with E-state index in [0.29, 0.717) is 12.8 Å². The summed E-state index contributed by atoms with van der Waals surface area (Å²) in [6, 6.07) is 0. The van der Waals surface area contributed by atoms with E-state index in [2.05, 4.69) is 20.8 Å². The van der Waals surface area contributed by atoms with E-state index in [1.54, 1.807) is 0 Å². The number of aliphatic hydroxyl groups is 1. The molecule has 5 heteroatoms. The molecule has 0 aliphatic heterocycles. The standard InChI is InChI=1S/C30H58O5/c1-4-5-6-7-8-9-10-11-14-17-20-23-29(32)34-25-28(31)26-35-30(33)24-21-18-15-12-13-16-19-22-27(2)3/h27-28,31H,4-26H2,1-3H3/t28-/m1/s1. The van der Waals surface area contributed by atoms with Crippen LogP contribution in [0.3, 0.4) is 0 Å². The average Bonchev–Trinajstić information content (AvgIpc) is 2.83. The van der Waals surface area contributed by atoms with Gasteiger partial charge in [-0.2, -0.15) is 0 Å². The molecular weight excluding hydrogens is 440 g/mol. The first-order valence-corrected chi connectivity index (χ1v) is 14.9. The van der Waals surface area contributed by atoms with Gasteiger partial charge in [0.25, 0.3) is 0 Å². The molecule has 208 valence electrons. The minimum atomic E-state index is -0.953. The Labute approximate surface area is 217 Å². The summed E-state index contributed by atoms with van der Waals surface area (Å²) in [4.78, 5) is 23.6. The third kappa shape index (κ3) is 27.3. The fourth-order valence-electron chi connectivity index (χ4n) is 4.21. The summed E-state index contributed by atoms with van der Waals surface area (Å²) in [6.07, 6.45) is 23.0. The Balaban J connectivity index is 3.44. The molecular formula is C30H58O5. The predicted octanol–water partition coefficient (Wildman–Crippen LogP) is 8.30. The van der Waals surface area contributed by atoms with Gasteiger partial charge in [0.2, 0.25) is 0 Å². The number of aliphatic hydroxyl groups excluding tert-OH is 1. The van der Waals surface area contributed by atoms with Gasteiger partial charge >= 0.3 is 11.9 Å². The molecule has 1 N–H and O–H groups in total. The SMILES string of the molecule is CCCCCCCCCCCCCC(=O)OC[C@@H](O)COC(=O)CCCCCCCCCC(C)C. The maximum atomic E-state index is 11.8. The van der Waals surface area contributed by atoms with Crippen molar-refractivity contribution >= 4 is 11.9 Å². The average molecular weight is 499 g/mol. The van der Waals surface area contributed by atoms with E-state index >= 15 is 0 Å². The maximum Gasteiger partial charge on any atom is 0.305 e. The van der Waals surface area contributed by atoms with Crippen LogP contribution in [0.4, 0.5) is 0 Å². The van der Waals surface area contributed by atoms with Gasteiger partial charge in [-0.1, -0.05) is 130 Å². The highest BCUT2D eigenvalue weighted by Crippen LogP contribution is 2.13. The van der Waals surface area contributed by atoms with Crippen molar-refractivity contribution in [3.63, 3.8) is 0 Å². The topological polar surface area (TPSA) is 72.8 Å². The van der Waals surface area contributed by atoms with Crippen molar-refractivity contribution in [1.82, 2.24) is 0 Å². The lowest BCUT2D eigenvalue weighted by Gasteiger charge is -2.12. The number of ether oxygens (including phenoxy) is 2. The lowest BCUT2D eigenvalue weighted by atomic mass is 10.0. The molecule has 0 bridgehead atoms. The smallest absolute Gasteiger partial charge is 0.305 e. The molecule has 0 fully saturated rings. The molecule has 0 aliphatic carbocycles. The summed E-state index contributed by atoms with van der Waals surface area (Å²) >= 11 is 0. The number of carbonyl (C=O) groups excluding carboxylic acids is 2. The molecule has 35 heavy (non-hydrogen) atoms. The second-order valence-corrected chi connectivity index (χ2v) is 10.7. The summed E-state index contributed by atoms with van der Waals surface area (Å²) < 4.78 is 10.2. The van der Waals surface area contributed by atoms with Crippen molar-refractivity contribution in [3.8, 4) is 0 Å². The van der Waals surface area contributed by atoms with Crippen molar-refractivity contribution in [2.45, 2.75) is 162 Å². The normalized spacial score (nSPS) is 12.1. The van der Waals surface area contributed by atoms with Gasteiger partial charge in [-0.3, -0.25) is 9.59 Å². The van der Waals surface area contributed by atoms with Gasteiger partial charge in [0.15, 0.2) is 0 Å². The zero-order valence-electron chi connectivity index (χ0n) is 23.5. The van der Waals surface area contributed by atoms with Gasteiger partial charge in [0.05, 0.1) is 0 Å². The fourth-order valence-corrected chi connectivity index (χ4v) is 4.21. The van der Waals surface area contributed by atoms with E-state index in [1.807, 2.05) is 0 Å². The summed E-state index contributed by atoms with van der Waals surface area (Å²) in [5, 5.41) is 9.90. The highest BCUT2D eigenvalue weighted by atomic mass is 16.6. The van der Waals surface area contributed by atoms with Crippen LogP contribution in [0.5, 0.6) is 0 Å². The molecule has 0 aromatic heterocycles. The third-order valence-electron chi connectivity index (χ3n) is 6.52. The van der Waals surface area contributed by atoms with Gasteiger partial charge in [-0.05, 0) is 18.8 Å². The number of hydrogen-bond donors (Lipinski definition) is 1. The van der Waals surface area contributed by atoms with E-state index in [1.165, 1.54) is 89.9 Å². The molecule has 0 saturated heterocycles. The highest BCUT2D eigenvalue weighted by molar-refractivity contribution is 5.69. The fraction of sp³-hybridized carbons (Fsp3) is 0.933. The Morgan fingerprint density at radius 3 is 1.29 bits per heavy atom. The zero-order valence-corrected chi connectivity index (χ0v) is 23.5. The van der Waals surface area contributed by atoms with Crippen LogP contribution >= 0.6 is 0 Å². The Morgan fingerprint density at radius 2 is 0.914 bits per heavy atom. The molecule has 0 aliphatic rings. The number of unbranched alkanes of at least 4 members (excludes halogenated alkanes) is 16. The quantitative estimate of drug-likeness (QED) is 0.0959. The van der Waals surface area contributed by atoms with Crippen molar-refractivity contribution < 1.29 is 24.2 Å². The molecule has 5 nitrogen and oxygen atoms in total. The van der Waals surface area contributed by atoms with Crippen molar-refractivity contribution in [2.24, 2.45) is 5.92 Å². The van der Waals surface area contributed by atoms with Gasteiger partial charge in [0.1, 0.15) is 19.3 Å². The van der Waals surface area contributed by atoms with Crippen molar-refractivity contribution in [3.05, 3.63) is 0 Å². The Kier molecular flexibility index (Phi) is 25.2. The van der Waals surface area contributed by atoms with Gasteiger partial charge in [0, 0.05) is 12.8 Å². The first-order chi connectivity index (χ1) is 17.0. The predicted molar refractivity (Wildman–Crippen MR) is 145 cm³/mol. The second-order valence-electron chi connectivity index (χ2n) is 10.7. The van der Waals surface area contributed by atoms with Crippen LogP contribution in [0.1, 0.15) is 156 Å². The van der Waals surface area contributed by atoms with Crippen LogP contribution in [0.15, 0.2) is 0 Å². The number of esters is 2. The third-order valence-corrected chi connectivity index (χ3v) is 6.52. The molecule has 0 aromatic carbocycles. The zero-order chi connectivity index (χ0) is 26.0. The van der Waals surface area contributed by atoms with Crippen LogP contribution in [-0.2, 0) is 19.1 Å². The molecule has 0 unspecified atom stereocenters. The second kappa shape index (κ2) is 26.0. The van der Waals surface area contributed by atoms with Crippen LogP contribution in [0.2, 0.25) is 0 Å². The van der Waals surface area contributed by atoms with Crippen molar-refractivity contribution in [1.29, 1.82) is 0 Å². The summed E-state index contributed by atoms with van der Waals surface area (Å²) in [6.45, 7) is 6.56. The Morgan fingerprint density at radius 1 is 0.571 bits per heavy atom. The summed E-state index contributed by atoms with van der Waals surface area (Å²) in [5.74, 6) is 0.231. The molecule has 1 atom stereocenters. The molecule has 0 saturated carbocycles.